The Hall–Kier alpha value is -2.52. The first-order valence-corrected chi connectivity index (χ1v) is 15.5. The van der Waals surface area contributed by atoms with E-state index in [-0.39, 0.29) is 48.3 Å². The van der Waals surface area contributed by atoms with E-state index in [0.717, 1.165) is 16.0 Å². The van der Waals surface area contributed by atoms with E-state index in [4.69, 9.17) is 0 Å². The third kappa shape index (κ3) is 6.31. The van der Waals surface area contributed by atoms with Crippen LogP contribution in [0.1, 0.15) is 68.9 Å². The summed E-state index contributed by atoms with van der Waals surface area (Å²) in [6.07, 6.45) is -5.14. The van der Waals surface area contributed by atoms with E-state index in [0.29, 0.717) is 44.9 Å². The third-order valence-corrected chi connectivity index (χ3v) is 10.6. The molecule has 48 heavy (non-hydrogen) atoms. The molecule has 272 valence electrons. The largest absolute Gasteiger partial charge is 0.508 e. The Bertz CT molecular complexity index is 1380. The molecule has 0 saturated heterocycles. The zero-order chi connectivity index (χ0) is 36.3. The van der Waals surface area contributed by atoms with Crippen LogP contribution in [0.15, 0.2) is 30.1 Å². The van der Waals surface area contributed by atoms with Gasteiger partial charge < -0.3 is 10.0 Å². The number of fused-ring (bicyclic) bond motifs is 5. The third-order valence-electron chi connectivity index (χ3n) is 10.6. The first kappa shape index (κ1) is 38.3. The van der Waals surface area contributed by atoms with Gasteiger partial charge in [0.15, 0.2) is 5.83 Å². The highest BCUT2D eigenvalue weighted by Crippen LogP contribution is 2.63. The fraction of sp³-hybridized carbons (Fsp3) is 0.719. The van der Waals surface area contributed by atoms with Crippen LogP contribution in [0.4, 0.5) is 57.1 Å². The maximum atomic E-state index is 15.8. The van der Waals surface area contributed by atoms with Crippen LogP contribution in [0.2, 0.25) is 0 Å². The minimum Gasteiger partial charge on any atom is -0.508 e. The molecule has 2 saturated carbocycles. The molecule has 6 atom stereocenters. The second-order valence-corrected chi connectivity index (χ2v) is 13.6. The number of rotatable bonds is 12. The van der Waals surface area contributed by atoms with Crippen molar-refractivity contribution in [2.24, 2.45) is 23.2 Å². The van der Waals surface area contributed by atoms with Gasteiger partial charge in [0, 0.05) is 24.3 Å². The van der Waals surface area contributed by atoms with E-state index >= 15 is 4.39 Å². The van der Waals surface area contributed by atoms with E-state index in [9.17, 15) is 62.6 Å². The topological polar surface area (TPSA) is 40.5 Å². The summed E-state index contributed by atoms with van der Waals surface area (Å²) in [5, 5.41) is 10.1. The highest BCUT2D eigenvalue weighted by atomic mass is 19.4. The van der Waals surface area contributed by atoms with Crippen LogP contribution in [-0.2, 0) is 11.2 Å². The molecule has 16 heteroatoms. The van der Waals surface area contributed by atoms with Crippen molar-refractivity contribution in [1.29, 1.82) is 0 Å². The molecule has 3 aliphatic carbocycles. The van der Waals surface area contributed by atoms with Crippen molar-refractivity contribution in [1.82, 2.24) is 4.90 Å². The SMILES string of the molecule is CN(CC=C(F)C(F)(F)C(F)(F)C(F)(F)C(F)(F)C(F)(F)F)CCCCC[C@@H]1Cc2cc(O)ccc2[C@@H]2[C@@H]1[C@@H]1CCC(=O)[C@@]1(C)C[C@@H]2F. The zero-order valence-corrected chi connectivity index (χ0v) is 26.0. The summed E-state index contributed by atoms with van der Waals surface area (Å²) >= 11 is 0. The number of halogens is 13. The molecule has 0 spiro atoms. The molecule has 0 unspecified atom stereocenters. The van der Waals surface area contributed by atoms with E-state index in [2.05, 4.69) is 0 Å². The number of phenols is 1. The molecule has 1 aromatic rings. The number of alkyl halides is 12. The number of carbonyl (C=O) groups is 1. The molecule has 0 bridgehead atoms. The number of allylic oxidation sites excluding steroid dienone is 1. The molecule has 2 fully saturated rings. The predicted molar refractivity (Wildman–Crippen MR) is 148 cm³/mol. The summed E-state index contributed by atoms with van der Waals surface area (Å²) < 4.78 is 175. The van der Waals surface area contributed by atoms with Crippen molar-refractivity contribution in [2.45, 2.75) is 100 Å². The van der Waals surface area contributed by atoms with E-state index < -0.39 is 59.7 Å². The van der Waals surface area contributed by atoms with Crippen molar-refractivity contribution >= 4 is 5.78 Å². The fourth-order valence-corrected chi connectivity index (χ4v) is 7.98. The van der Waals surface area contributed by atoms with Gasteiger partial charge in [-0.1, -0.05) is 25.8 Å². The Morgan fingerprint density at radius 1 is 0.979 bits per heavy atom. The monoisotopic (exact) mass is 713 g/mol. The number of benzene rings is 1. The van der Waals surface area contributed by atoms with Gasteiger partial charge in [-0.05, 0) is 92.8 Å². The van der Waals surface area contributed by atoms with Crippen molar-refractivity contribution < 1.29 is 67.0 Å². The number of nitrogens with zero attached hydrogens (tertiary/aromatic N) is 1. The molecule has 0 aromatic heterocycles. The van der Waals surface area contributed by atoms with Crippen molar-refractivity contribution in [2.75, 3.05) is 20.1 Å². The van der Waals surface area contributed by atoms with Gasteiger partial charge in [0.25, 0.3) is 0 Å². The molecule has 3 nitrogen and oxygen atoms in total. The standard InChI is InChI=1S/C32H36F13NO2/c1-27-16-22(33)26-20-8-7-19(47)15-18(20)14-17(25(26)21(27)9-10-24(27)48)6-4-3-5-12-46(2)13-11-23(34)28(35,36)29(37,38)30(39,40)31(41,42)32(43,44)45/h7-8,11,15,17,21-22,25-26,47H,3-6,9-10,12-14,16H2,1-2H3/t17-,21+,22+,25+,26+,27+/m1/s1. The number of ketones is 1. The number of carbonyl (C=O) groups excluding carboxylic acids is 1. The van der Waals surface area contributed by atoms with Gasteiger partial charge in [-0.25, -0.2) is 8.78 Å². The summed E-state index contributed by atoms with van der Waals surface area (Å²) in [6, 6.07) is 4.86. The van der Waals surface area contributed by atoms with Gasteiger partial charge in [0.1, 0.15) is 17.7 Å². The van der Waals surface area contributed by atoms with Crippen LogP contribution < -0.4 is 0 Å². The highest BCUT2D eigenvalue weighted by molar-refractivity contribution is 5.87. The Kier molecular flexibility index (Phi) is 10.4. The molecular weight excluding hydrogens is 677 g/mol. The first-order chi connectivity index (χ1) is 21.9. The molecule has 0 heterocycles. The first-order valence-electron chi connectivity index (χ1n) is 15.5. The van der Waals surface area contributed by atoms with Crippen molar-refractivity contribution in [3.8, 4) is 5.75 Å². The summed E-state index contributed by atoms with van der Waals surface area (Å²) in [7, 11) is 1.23. The Morgan fingerprint density at radius 2 is 1.62 bits per heavy atom. The van der Waals surface area contributed by atoms with Gasteiger partial charge in [-0.2, -0.15) is 48.3 Å². The maximum absolute atomic E-state index is 15.8. The van der Waals surface area contributed by atoms with Crippen LogP contribution in [-0.4, -0.2) is 72.0 Å². The molecule has 0 aliphatic heterocycles. The molecule has 4 rings (SSSR count). The minimum atomic E-state index is -7.69. The summed E-state index contributed by atoms with van der Waals surface area (Å²) in [5.41, 5.74) is 0.882. The van der Waals surface area contributed by atoms with Crippen LogP contribution >= 0.6 is 0 Å². The number of hydrogen-bond acceptors (Lipinski definition) is 3. The summed E-state index contributed by atoms with van der Waals surface area (Å²) in [5.74, 6) is -33.2. The number of phenolic OH excluding ortho intramolecular Hbond substituents is 1. The number of unbranched alkanes of at least 4 members (excludes halogenated alkanes) is 2. The second kappa shape index (κ2) is 13.0. The summed E-state index contributed by atoms with van der Waals surface area (Å²) in [4.78, 5) is 13.9. The second-order valence-electron chi connectivity index (χ2n) is 13.6. The maximum Gasteiger partial charge on any atom is 0.460 e. The molecular formula is C32H36F13NO2. The lowest BCUT2D eigenvalue weighted by Crippen LogP contribution is -2.66. The average Bonchev–Trinajstić information content (AvgIpc) is 3.27. The number of likely N-dealkylation sites (N-methyl/N-ethyl adjacent to an activating group) is 1. The Labute approximate surface area is 268 Å². The van der Waals surface area contributed by atoms with E-state index in [1.807, 2.05) is 6.92 Å². The van der Waals surface area contributed by atoms with Crippen LogP contribution in [0.25, 0.3) is 0 Å². The van der Waals surface area contributed by atoms with Gasteiger partial charge in [-0.15, -0.1) is 0 Å². The molecule has 3 aliphatic rings. The van der Waals surface area contributed by atoms with E-state index in [1.54, 1.807) is 12.1 Å². The van der Waals surface area contributed by atoms with Gasteiger partial charge >= 0.3 is 29.9 Å². The zero-order valence-electron chi connectivity index (χ0n) is 26.0. The molecule has 0 radical (unpaired) electrons. The Morgan fingerprint density at radius 3 is 2.25 bits per heavy atom. The van der Waals surface area contributed by atoms with Crippen molar-refractivity contribution in [3.63, 3.8) is 0 Å². The lowest BCUT2D eigenvalue weighted by Gasteiger charge is -2.53. The van der Waals surface area contributed by atoms with Gasteiger partial charge in [0.05, 0.1) is 0 Å². The van der Waals surface area contributed by atoms with Gasteiger partial charge in [0.2, 0.25) is 0 Å². The quantitative estimate of drug-likeness (QED) is 0.173. The van der Waals surface area contributed by atoms with Crippen LogP contribution in [0.3, 0.4) is 0 Å². The number of hydrogen-bond donors (Lipinski definition) is 1. The van der Waals surface area contributed by atoms with Gasteiger partial charge in [-0.3, -0.25) is 4.79 Å². The average molecular weight is 714 g/mol. The van der Waals surface area contributed by atoms with E-state index in [1.165, 1.54) is 13.1 Å². The minimum absolute atomic E-state index is 0.0214. The normalized spacial score (nSPS) is 28.8. The number of Topliss-reactive ketones (excluding diaryl/α,β-unsaturated/α-hetero) is 1. The van der Waals surface area contributed by atoms with Crippen LogP contribution in [0, 0.1) is 23.2 Å². The Balaban J connectivity index is 1.36. The number of aromatic hydroxyl groups is 1. The molecule has 0 amide bonds. The summed E-state index contributed by atoms with van der Waals surface area (Å²) in [6.45, 7) is 0.980. The fourth-order valence-electron chi connectivity index (χ4n) is 7.98. The highest BCUT2D eigenvalue weighted by Gasteiger charge is 2.87. The van der Waals surface area contributed by atoms with Crippen LogP contribution in [0.5, 0.6) is 5.75 Å². The molecule has 1 aromatic carbocycles. The van der Waals surface area contributed by atoms with Crippen molar-refractivity contribution in [3.05, 3.63) is 41.2 Å². The smallest absolute Gasteiger partial charge is 0.460 e. The lowest BCUT2D eigenvalue weighted by atomic mass is 9.51. The lowest BCUT2D eigenvalue weighted by molar-refractivity contribution is -0.419. The predicted octanol–water partition coefficient (Wildman–Crippen LogP) is 9.44. The molecule has 1 N–H and O–H groups in total.